The van der Waals surface area contributed by atoms with E-state index in [2.05, 4.69) is 20.8 Å². The van der Waals surface area contributed by atoms with Crippen LogP contribution in [-0.4, -0.2) is 53.5 Å². The Bertz CT molecular complexity index is 848. The summed E-state index contributed by atoms with van der Waals surface area (Å²) in [5.74, 6) is 0.395. The molecule has 3 N–H and O–H groups in total. The van der Waals surface area contributed by atoms with Gasteiger partial charge in [-0.15, -0.1) is 0 Å². The molecule has 10 heteroatoms. The third-order valence-corrected chi connectivity index (χ3v) is 7.02. The number of hydrogen-bond acceptors (Lipinski definition) is 6. The zero-order valence-corrected chi connectivity index (χ0v) is 18.3. The fourth-order valence-corrected chi connectivity index (χ4v) is 5.09. The van der Waals surface area contributed by atoms with Gasteiger partial charge in [0.2, 0.25) is 5.91 Å². The molecule has 0 aromatic carbocycles. The fraction of sp³-hybridized carbons (Fsp3) is 0.714. The van der Waals surface area contributed by atoms with Crippen molar-refractivity contribution in [1.82, 2.24) is 20.8 Å². The normalized spacial score (nSPS) is 26.6. The number of aromatic nitrogens is 2. The predicted molar refractivity (Wildman–Crippen MR) is 116 cm³/mol. The van der Waals surface area contributed by atoms with Gasteiger partial charge < -0.3 is 20.3 Å². The minimum Gasteiger partial charge on any atom is -0.444 e. The molecule has 1 aromatic rings. The lowest BCUT2D eigenvalue weighted by Gasteiger charge is -2.30. The number of nitrogens with one attached hydrogen (secondary N) is 3. The second-order valence-corrected chi connectivity index (χ2v) is 9.22. The van der Waals surface area contributed by atoms with Gasteiger partial charge >= 0.3 is 6.09 Å². The van der Waals surface area contributed by atoms with Crippen molar-refractivity contribution in [3.63, 3.8) is 0 Å². The standard InChI is InChI=1S/C21H30ClN5O4/c22-18-17(11-23-26-20(18)29)27-10-9-16(12-27)31-21(30)25-15-7-5-14(6-8-15)24-19(28)13-3-1-2-4-13/h11,13-16H,1-10,12H2,(H,24,28)(H,25,30)(H,26,29)/t14?,15?,16-/m1/s1. The summed E-state index contributed by atoms with van der Waals surface area (Å²) in [5.41, 5.74) is 0.117. The van der Waals surface area contributed by atoms with Crippen LogP contribution < -0.4 is 21.1 Å². The largest absolute Gasteiger partial charge is 0.444 e. The van der Waals surface area contributed by atoms with Crippen LogP contribution in [0.3, 0.4) is 0 Å². The molecule has 2 heterocycles. The van der Waals surface area contributed by atoms with E-state index in [1.807, 2.05) is 4.90 Å². The number of nitrogens with zero attached hydrogens (tertiary/aromatic N) is 2. The topological polar surface area (TPSA) is 116 Å². The quantitative estimate of drug-likeness (QED) is 0.632. The van der Waals surface area contributed by atoms with Crippen LogP contribution in [0.4, 0.5) is 10.5 Å². The second kappa shape index (κ2) is 9.89. The first kappa shape index (κ1) is 21.9. The SMILES string of the molecule is O=C(NC1CCC(NC(=O)C2CCCC2)CC1)O[C@@H]1CCN(c2cn[nH]c(=O)c2Cl)C1. The van der Waals surface area contributed by atoms with Crippen molar-refractivity contribution in [2.75, 3.05) is 18.0 Å². The number of anilines is 1. The summed E-state index contributed by atoms with van der Waals surface area (Å²) in [6.07, 6.45) is 9.22. The molecule has 2 saturated carbocycles. The van der Waals surface area contributed by atoms with Gasteiger partial charge in [-0.2, -0.15) is 5.10 Å². The van der Waals surface area contributed by atoms with Gasteiger partial charge in [-0.05, 0) is 38.5 Å². The summed E-state index contributed by atoms with van der Waals surface area (Å²) >= 11 is 6.06. The van der Waals surface area contributed by atoms with Gasteiger partial charge in [0.1, 0.15) is 11.1 Å². The molecular formula is C21H30ClN5O4. The predicted octanol–water partition coefficient (Wildman–Crippen LogP) is 2.35. The summed E-state index contributed by atoms with van der Waals surface area (Å²) in [4.78, 5) is 38.2. The molecule has 1 aliphatic heterocycles. The monoisotopic (exact) mass is 451 g/mol. The molecule has 0 unspecified atom stereocenters. The first-order chi connectivity index (χ1) is 15.0. The molecule has 0 radical (unpaired) electrons. The van der Waals surface area contributed by atoms with Crippen molar-refractivity contribution in [1.29, 1.82) is 0 Å². The van der Waals surface area contributed by atoms with Crippen LogP contribution in [0.1, 0.15) is 57.8 Å². The number of carbonyl (C=O) groups excluding carboxylic acids is 2. The highest BCUT2D eigenvalue weighted by molar-refractivity contribution is 6.33. The van der Waals surface area contributed by atoms with Crippen LogP contribution in [0.5, 0.6) is 0 Å². The van der Waals surface area contributed by atoms with Crippen LogP contribution in [0, 0.1) is 5.92 Å². The Morgan fingerprint density at radius 3 is 2.45 bits per heavy atom. The maximum Gasteiger partial charge on any atom is 0.407 e. The van der Waals surface area contributed by atoms with E-state index in [-0.39, 0.29) is 35.0 Å². The Morgan fingerprint density at radius 1 is 1.06 bits per heavy atom. The van der Waals surface area contributed by atoms with E-state index in [1.54, 1.807) is 0 Å². The molecule has 1 atom stereocenters. The van der Waals surface area contributed by atoms with Crippen LogP contribution >= 0.6 is 11.6 Å². The molecular weight excluding hydrogens is 422 g/mol. The molecule has 1 aromatic heterocycles. The van der Waals surface area contributed by atoms with Gasteiger partial charge in [0.25, 0.3) is 5.56 Å². The first-order valence-electron chi connectivity index (χ1n) is 11.2. The molecule has 170 valence electrons. The Kier molecular flexibility index (Phi) is 6.99. The van der Waals surface area contributed by atoms with Crippen LogP contribution in [0.15, 0.2) is 11.0 Å². The number of alkyl carbamates (subject to hydrolysis) is 1. The van der Waals surface area contributed by atoms with Crippen molar-refractivity contribution in [3.8, 4) is 0 Å². The molecule has 3 fully saturated rings. The van der Waals surface area contributed by atoms with Crippen molar-refractivity contribution >= 4 is 29.3 Å². The first-order valence-corrected chi connectivity index (χ1v) is 11.6. The second-order valence-electron chi connectivity index (χ2n) is 8.84. The molecule has 1 saturated heterocycles. The lowest BCUT2D eigenvalue weighted by molar-refractivity contribution is -0.125. The number of aromatic amines is 1. The molecule has 0 spiro atoms. The lowest BCUT2D eigenvalue weighted by Crippen LogP contribution is -2.45. The van der Waals surface area contributed by atoms with E-state index in [4.69, 9.17) is 16.3 Å². The number of ether oxygens (including phenoxy) is 1. The van der Waals surface area contributed by atoms with E-state index < -0.39 is 11.7 Å². The summed E-state index contributed by atoms with van der Waals surface area (Å²) < 4.78 is 5.58. The highest BCUT2D eigenvalue weighted by atomic mass is 35.5. The van der Waals surface area contributed by atoms with Gasteiger partial charge in [0.05, 0.1) is 18.4 Å². The van der Waals surface area contributed by atoms with Gasteiger partial charge in [0.15, 0.2) is 0 Å². The van der Waals surface area contributed by atoms with E-state index >= 15 is 0 Å². The molecule has 2 aliphatic carbocycles. The lowest BCUT2D eigenvalue weighted by atomic mass is 9.90. The molecule has 3 aliphatic rings. The third-order valence-electron chi connectivity index (χ3n) is 6.66. The number of hydrogen-bond donors (Lipinski definition) is 3. The Balaban J connectivity index is 1.17. The summed E-state index contributed by atoms with van der Waals surface area (Å²) in [5, 5.41) is 12.3. The van der Waals surface area contributed by atoms with E-state index in [9.17, 15) is 14.4 Å². The summed E-state index contributed by atoms with van der Waals surface area (Å²) in [7, 11) is 0. The van der Waals surface area contributed by atoms with E-state index in [0.29, 0.717) is 25.2 Å². The average molecular weight is 452 g/mol. The Morgan fingerprint density at radius 2 is 1.74 bits per heavy atom. The van der Waals surface area contributed by atoms with Crippen LogP contribution in [0.2, 0.25) is 5.02 Å². The van der Waals surface area contributed by atoms with E-state index in [1.165, 1.54) is 6.20 Å². The molecule has 4 rings (SSSR count). The van der Waals surface area contributed by atoms with Crippen LogP contribution in [0.25, 0.3) is 0 Å². The number of H-pyrrole nitrogens is 1. The minimum atomic E-state index is -0.434. The Labute approximate surface area is 186 Å². The maximum absolute atomic E-state index is 12.3. The van der Waals surface area contributed by atoms with E-state index in [0.717, 1.165) is 51.4 Å². The Hall–Kier alpha value is -2.29. The van der Waals surface area contributed by atoms with Crippen molar-refractivity contribution < 1.29 is 14.3 Å². The summed E-state index contributed by atoms with van der Waals surface area (Å²) in [6, 6.07) is 0.272. The van der Waals surface area contributed by atoms with Crippen molar-refractivity contribution in [2.45, 2.75) is 76.0 Å². The van der Waals surface area contributed by atoms with Gasteiger partial charge in [0, 0.05) is 31.0 Å². The summed E-state index contributed by atoms with van der Waals surface area (Å²) in [6.45, 7) is 1.10. The third kappa shape index (κ3) is 5.50. The van der Waals surface area contributed by atoms with Crippen molar-refractivity contribution in [3.05, 3.63) is 21.6 Å². The molecule has 31 heavy (non-hydrogen) atoms. The smallest absolute Gasteiger partial charge is 0.407 e. The average Bonchev–Trinajstić information content (AvgIpc) is 3.44. The number of halogens is 1. The van der Waals surface area contributed by atoms with Crippen LogP contribution in [-0.2, 0) is 9.53 Å². The fourth-order valence-electron chi connectivity index (χ4n) is 4.88. The highest BCUT2D eigenvalue weighted by Gasteiger charge is 2.30. The molecule has 2 amide bonds. The number of amides is 2. The molecule has 9 nitrogen and oxygen atoms in total. The maximum atomic E-state index is 12.3. The zero-order chi connectivity index (χ0) is 21.8. The molecule has 0 bridgehead atoms. The number of carbonyl (C=O) groups is 2. The van der Waals surface area contributed by atoms with Gasteiger partial charge in [-0.3, -0.25) is 9.59 Å². The zero-order valence-electron chi connectivity index (χ0n) is 17.6. The van der Waals surface area contributed by atoms with Gasteiger partial charge in [-0.25, -0.2) is 9.89 Å². The van der Waals surface area contributed by atoms with Crippen molar-refractivity contribution in [2.24, 2.45) is 5.92 Å². The van der Waals surface area contributed by atoms with Gasteiger partial charge in [-0.1, -0.05) is 24.4 Å². The minimum absolute atomic E-state index is 0.0657. The highest BCUT2D eigenvalue weighted by Crippen LogP contribution is 2.27. The number of rotatable bonds is 5.